The van der Waals surface area contributed by atoms with Gasteiger partial charge in [0, 0.05) is 25.6 Å². The molecule has 3 amide bonds. The molecule has 0 aliphatic carbocycles. The maximum atomic E-state index is 12.0. The standard InChI is InChI=1S/C16H21N3O4/c1-10(2)19-8-12(6-15(19)20)18-16(21)17-7-11-3-4-13-14(5-11)23-9-22-13/h3-5,10,12H,6-9H2,1-2H3,(H2,17,18,21)/t12-/m0/s1. The Morgan fingerprint density at radius 1 is 1.35 bits per heavy atom. The smallest absolute Gasteiger partial charge is 0.315 e. The van der Waals surface area contributed by atoms with Gasteiger partial charge in [0.2, 0.25) is 12.7 Å². The summed E-state index contributed by atoms with van der Waals surface area (Å²) in [7, 11) is 0. The molecule has 0 radical (unpaired) electrons. The molecule has 2 aliphatic rings. The van der Waals surface area contributed by atoms with Gasteiger partial charge in [-0.2, -0.15) is 0 Å². The summed E-state index contributed by atoms with van der Waals surface area (Å²) in [5.74, 6) is 1.50. The summed E-state index contributed by atoms with van der Waals surface area (Å²) in [6, 6.07) is 5.31. The van der Waals surface area contributed by atoms with Crippen LogP contribution in [0.5, 0.6) is 11.5 Å². The Morgan fingerprint density at radius 2 is 2.13 bits per heavy atom. The normalized spacial score (nSPS) is 19.3. The maximum Gasteiger partial charge on any atom is 0.315 e. The van der Waals surface area contributed by atoms with Crippen LogP contribution >= 0.6 is 0 Å². The molecule has 0 unspecified atom stereocenters. The molecule has 1 fully saturated rings. The zero-order valence-electron chi connectivity index (χ0n) is 13.3. The van der Waals surface area contributed by atoms with Crippen LogP contribution in [0.25, 0.3) is 0 Å². The summed E-state index contributed by atoms with van der Waals surface area (Å²) >= 11 is 0. The van der Waals surface area contributed by atoms with Crippen LogP contribution < -0.4 is 20.1 Å². The van der Waals surface area contributed by atoms with E-state index in [9.17, 15) is 9.59 Å². The number of hydrogen-bond donors (Lipinski definition) is 2. The van der Waals surface area contributed by atoms with Crippen molar-refractivity contribution >= 4 is 11.9 Å². The fourth-order valence-electron chi connectivity index (χ4n) is 2.80. The van der Waals surface area contributed by atoms with E-state index in [2.05, 4.69) is 10.6 Å². The van der Waals surface area contributed by atoms with Gasteiger partial charge in [-0.05, 0) is 31.5 Å². The van der Waals surface area contributed by atoms with E-state index >= 15 is 0 Å². The van der Waals surface area contributed by atoms with Gasteiger partial charge in [0.05, 0.1) is 6.04 Å². The van der Waals surface area contributed by atoms with Crippen LogP contribution in [0.15, 0.2) is 18.2 Å². The highest BCUT2D eigenvalue weighted by atomic mass is 16.7. The number of ether oxygens (including phenoxy) is 2. The summed E-state index contributed by atoms with van der Waals surface area (Å²) in [6.07, 6.45) is 0.357. The number of carbonyl (C=O) groups is 2. The Labute approximate surface area is 134 Å². The maximum absolute atomic E-state index is 12.0. The zero-order valence-corrected chi connectivity index (χ0v) is 13.3. The van der Waals surface area contributed by atoms with Crippen LogP contribution in [0.4, 0.5) is 4.79 Å². The molecule has 0 bridgehead atoms. The molecule has 23 heavy (non-hydrogen) atoms. The molecule has 0 aromatic heterocycles. The van der Waals surface area contributed by atoms with Crippen molar-refractivity contribution in [3.63, 3.8) is 0 Å². The van der Waals surface area contributed by atoms with E-state index in [1.165, 1.54) is 0 Å². The van der Waals surface area contributed by atoms with E-state index < -0.39 is 0 Å². The SMILES string of the molecule is CC(C)N1C[C@@H](NC(=O)NCc2ccc3c(c2)OCO3)CC1=O. The van der Waals surface area contributed by atoms with Crippen molar-refractivity contribution in [2.24, 2.45) is 0 Å². The molecule has 1 saturated heterocycles. The molecule has 124 valence electrons. The quantitative estimate of drug-likeness (QED) is 0.874. The number of rotatable bonds is 4. The highest BCUT2D eigenvalue weighted by Gasteiger charge is 2.31. The number of amides is 3. The molecular weight excluding hydrogens is 298 g/mol. The van der Waals surface area contributed by atoms with Crippen molar-refractivity contribution in [2.75, 3.05) is 13.3 Å². The molecule has 1 aromatic rings. The number of hydrogen-bond acceptors (Lipinski definition) is 4. The lowest BCUT2D eigenvalue weighted by Crippen LogP contribution is -2.43. The number of carbonyl (C=O) groups excluding carboxylic acids is 2. The lowest BCUT2D eigenvalue weighted by Gasteiger charge is -2.21. The van der Waals surface area contributed by atoms with Gasteiger partial charge in [-0.15, -0.1) is 0 Å². The van der Waals surface area contributed by atoms with Gasteiger partial charge in [-0.3, -0.25) is 4.79 Å². The molecule has 0 spiro atoms. The number of urea groups is 1. The van der Waals surface area contributed by atoms with E-state index in [0.29, 0.717) is 25.3 Å². The Hall–Kier alpha value is -2.44. The van der Waals surface area contributed by atoms with Crippen molar-refractivity contribution in [1.29, 1.82) is 0 Å². The molecule has 0 saturated carbocycles. The Morgan fingerprint density at radius 3 is 2.87 bits per heavy atom. The number of fused-ring (bicyclic) bond motifs is 1. The number of likely N-dealkylation sites (tertiary alicyclic amines) is 1. The first-order valence-corrected chi connectivity index (χ1v) is 7.75. The van der Waals surface area contributed by atoms with Crippen LogP contribution in [0.1, 0.15) is 25.8 Å². The summed E-state index contributed by atoms with van der Waals surface area (Å²) in [5.41, 5.74) is 0.927. The summed E-state index contributed by atoms with van der Waals surface area (Å²) in [5, 5.41) is 5.65. The average Bonchev–Trinajstić information content (AvgIpc) is 3.10. The molecule has 3 rings (SSSR count). The highest BCUT2D eigenvalue weighted by Crippen LogP contribution is 2.32. The minimum Gasteiger partial charge on any atom is -0.454 e. The number of nitrogens with one attached hydrogen (secondary N) is 2. The Bertz CT molecular complexity index is 617. The fourth-order valence-corrected chi connectivity index (χ4v) is 2.80. The van der Waals surface area contributed by atoms with Crippen molar-refractivity contribution in [2.45, 2.75) is 38.9 Å². The second-order valence-electron chi connectivity index (χ2n) is 6.06. The topological polar surface area (TPSA) is 79.9 Å². The third-order valence-corrected chi connectivity index (χ3v) is 4.01. The average molecular weight is 319 g/mol. The second kappa shape index (κ2) is 6.36. The van der Waals surface area contributed by atoms with Crippen LogP contribution in [-0.4, -0.2) is 42.3 Å². The van der Waals surface area contributed by atoms with Gasteiger partial charge in [0.1, 0.15) is 0 Å². The molecule has 2 aliphatic heterocycles. The largest absolute Gasteiger partial charge is 0.454 e. The van der Waals surface area contributed by atoms with E-state index in [1.807, 2.05) is 32.0 Å². The van der Waals surface area contributed by atoms with E-state index in [-0.39, 0.29) is 30.8 Å². The van der Waals surface area contributed by atoms with Gasteiger partial charge in [-0.1, -0.05) is 6.07 Å². The van der Waals surface area contributed by atoms with Crippen LogP contribution in [0, 0.1) is 0 Å². The third-order valence-electron chi connectivity index (χ3n) is 4.01. The molecule has 1 aromatic carbocycles. The van der Waals surface area contributed by atoms with Gasteiger partial charge >= 0.3 is 6.03 Å². The minimum atomic E-state index is -0.272. The molecule has 2 heterocycles. The van der Waals surface area contributed by atoms with Crippen LogP contribution in [0.2, 0.25) is 0 Å². The Balaban J connectivity index is 1.48. The number of benzene rings is 1. The fraction of sp³-hybridized carbons (Fsp3) is 0.500. The zero-order chi connectivity index (χ0) is 16.4. The molecule has 2 N–H and O–H groups in total. The molecule has 1 atom stereocenters. The monoisotopic (exact) mass is 319 g/mol. The van der Waals surface area contributed by atoms with Gasteiger partial charge in [0.25, 0.3) is 0 Å². The van der Waals surface area contributed by atoms with Crippen molar-refractivity contribution in [3.05, 3.63) is 23.8 Å². The van der Waals surface area contributed by atoms with Crippen molar-refractivity contribution in [3.8, 4) is 11.5 Å². The summed E-state index contributed by atoms with van der Waals surface area (Å²) in [4.78, 5) is 25.6. The van der Waals surface area contributed by atoms with Gasteiger partial charge in [-0.25, -0.2) is 4.79 Å². The third kappa shape index (κ3) is 3.49. The molecule has 7 heteroatoms. The van der Waals surface area contributed by atoms with Crippen LogP contribution in [-0.2, 0) is 11.3 Å². The highest BCUT2D eigenvalue weighted by molar-refractivity contribution is 5.81. The van der Waals surface area contributed by atoms with Crippen molar-refractivity contribution in [1.82, 2.24) is 15.5 Å². The second-order valence-corrected chi connectivity index (χ2v) is 6.06. The van der Waals surface area contributed by atoms with E-state index in [1.54, 1.807) is 4.90 Å². The van der Waals surface area contributed by atoms with Gasteiger partial charge in [0.15, 0.2) is 11.5 Å². The first-order valence-electron chi connectivity index (χ1n) is 7.75. The van der Waals surface area contributed by atoms with E-state index in [4.69, 9.17) is 9.47 Å². The predicted octanol–water partition coefficient (Wildman–Crippen LogP) is 1.22. The first kappa shape index (κ1) is 15.5. The lowest BCUT2D eigenvalue weighted by molar-refractivity contribution is -0.129. The Kier molecular flexibility index (Phi) is 4.27. The summed E-state index contributed by atoms with van der Waals surface area (Å²) < 4.78 is 10.6. The molecule has 7 nitrogen and oxygen atoms in total. The van der Waals surface area contributed by atoms with Gasteiger partial charge < -0.3 is 25.0 Å². The first-order chi connectivity index (χ1) is 11.0. The minimum absolute atomic E-state index is 0.0843. The van der Waals surface area contributed by atoms with Crippen LogP contribution in [0.3, 0.4) is 0 Å². The molecular formula is C16H21N3O4. The number of nitrogens with zero attached hydrogens (tertiary/aromatic N) is 1. The lowest BCUT2D eigenvalue weighted by atomic mass is 10.2. The predicted molar refractivity (Wildman–Crippen MR) is 83.2 cm³/mol. The summed E-state index contributed by atoms with van der Waals surface area (Å²) in [6.45, 7) is 5.12. The van der Waals surface area contributed by atoms with Crippen molar-refractivity contribution < 1.29 is 19.1 Å². The van der Waals surface area contributed by atoms with E-state index in [0.717, 1.165) is 11.3 Å².